The number of methoxy groups -OCH3 is 3. The van der Waals surface area contributed by atoms with E-state index in [2.05, 4.69) is 5.32 Å². The lowest BCUT2D eigenvalue weighted by molar-refractivity contribution is 0.0931. The lowest BCUT2D eigenvalue weighted by atomic mass is 10.1. The van der Waals surface area contributed by atoms with Gasteiger partial charge in [-0.2, -0.15) is 0 Å². The van der Waals surface area contributed by atoms with Crippen molar-refractivity contribution in [3.8, 4) is 17.2 Å². The van der Waals surface area contributed by atoms with E-state index in [-0.39, 0.29) is 17.9 Å². The molecule has 0 aliphatic heterocycles. The summed E-state index contributed by atoms with van der Waals surface area (Å²) in [6.45, 7) is 0.552. The predicted molar refractivity (Wildman–Crippen MR) is 77.2 cm³/mol. The highest BCUT2D eigenvalue weighted by Gasteiger charge is 2.42. The molecule has 0 heterocycles. The highest BCUT2D eigenvalue weighted by molar-refractivity contribution is 5.98. The Labute approximate surface area is 124 Å². The number of nitrogens with one attached hydrogen (secondary N) is 1. The smallest absolute Gasteiger partial charge is 0.255 e. The molecular formula is C15H21NO5. The Morgan fingerprint density at radius 3 is 2.33 bits per heavy atom. The first-order valence-corrected chi connectivity index (χ1v) is 6.79. The summed E-state index contributed by atoms with van der Waals surface area (Å²) < 4.78 is 15.7. The molecule has 2 rings (SSSR count). The molecule has 6 nitrogen and oxygen atoms in total. The number of aliphatic hydroxyl groups excluding tert-OH is 1. The summed E-state index contributed by atoms with van der Waals surface area (Å²) >= 11 is 0. The topological polar surface area (TPSA) is 77.0 Å². The van der Waals surface area contributed by atoms with Crippen molar-refractivity contribution in [2.45, 2.75) is 12.8 Å². The van der Waals surface area contributed by atoms with Gasteiger partial charge >= 0.3 is 0 Å². The van der Waals surface area contributed by atoms with Gasteiger partial charge in [0.1, 0.15) is 0 Å². The average molecular weight is 295 g/mol. The second-order valence-corrected chi connectivity index (χ2v) is 5.22. The van der Waals surface area contributed by atoms with Crippen LogP contribution < -0.4 is 19.5 Å². The summed E-state index contributed by atoms with van der Waals surface area (Å²) in [6, 6.07) is 3.29. The summed E-state index contributed by atoms with van der Waals surface area (Å²) in [6.07, 6.45) is 1.87. The van der Waals surface area contributed by atoms with E-state index in [9.17, 15) is 9.90 Å². The largest absolute Gasteiger partial charge is 0.493 e. The highest BCUT2D eigenvalue weighted by Crippen LogP contribution is 2.44. The van der Waals surface area contributed by atoms with E-state index in [1.807, 2.05) is 0 Å². The molecule has 0 unspecified atom stereocenters. The molecule has 1 aromatic rings. The van der Waals surface area contributed by atoms with Gasteiger partial charge in [0.25, 0.3) is 5.91 Å². The summed E-state index contributed by atoms with van der Waals surface area (Å²) in [5, 5.41) is 12.1. The Bertz CT molecular complexity index is 525. The molecule has 1 aliphatic carbocycles. The van der Waals surface area contributed by atoms with Gasteiger partial charge in [-0.15, -0.1) is 0 Å². The first-order valence-electron chi connectivity index (χ1n) is 6.79. The summed E-state index contributed by atoms with van der Waals surface area (Å²) in [7, 11) is 4.49. The van der Waals surface area contributed by atoms with Crippen molar-refractivity contribution in [2.75, 3.05) is 34.5 Å². The van der Waals surface area contributed by atoms with Gasteiger partial charge in [0, 0.05) is 12.0 Å². The highest BCUT2D eigenvalue weighted by atomic mass is 16.5. The molecule has 1 aliphatic rings. The van der Waals surface area contributed by atoms with Crippen molar-refractivity contribution in [2.24, 2.45) is 5.41 Å². The van der Waals surface area contributed by atoms with Crippen molar-refractivity contribution in [1.82, 2.24) is 5.32 Å². The number of rotatable bonds is 7. The van der Waals surface area contributed by atoms with E-state index in [1.54, 1.807) is 12.1 Å². The zero-order chi connectivity index (χ0) is 15.5. The molecule has 1 fully saturated rings. The second-order valence-electron chi connectivity index (χ2n) is 5.22. The van der Waals surface area contributed by atoms with Crippen LogP contribution in [0, 0.1) is 5.41 Å². The van der Waals surface area contributed by atoms with E-state index >= 15 is 0 Å². The summed E-state index contributed by atoms with van der Waals surface area (Å²) in [5.74, 6) is 0.964. The third-order valence-corrected chi connectivity index (χ3v) is 3.87. The van der Waals surface area contributed by atoms with Crippen LogP contribution in [-0.2, 0) is 0 Å². The lowest BCUT2D eigenvalue weighted by Gasteiger charge is -2.17. The third kappa shape index (κ3) is 3.05. The average Bonchev–Trinajstić information content (AvgIpc) is 3.31. The SMILES string of the molecule is COc1ccc(C(=O)NCC2(CO)CC2)c(OC)c1OC. The van der Waals surface area contributed by atoms with Crippen molar-refractivity contribution < 1.29 is 24.1 Å². The molecule has 116 valence electrons. The Hall–Kier alpha value is -1.95. The van der Waals surface area contributed by atoms with Crippen molar-refractivity contribution >= 4 is 5.91 Å². The van der Waals surface area contributed by atoms with Gasteiger partial charge in [-0.25, -0.2) is 0 Å². The van der Waals surface area contributed by atoms with Crippen molar-refractivity contribution in [1.29, 1.82) is 0 Å². The van der Waals surface area contributed by atoms with Crippen LogP contribution >= 0.6 is 0 Å². The fourth-order valence-electron chi connectivity index (χ4n) is 2.21. The minimum absolute atomic E-state index is 0.0936. The number of aliphatic hydroxyl groups is 1. The summed E-state index contributed by atoms with van der Waals surface area (Å²) in [4.78, 5) is 12.3. The van der Waals surface area contributed by atoms with E-state index in [4.69, 9.17) is 14.2 Å². The minimum atomic E-state index is -0.257. The third-order valence-electron chi connectivity index (χ3n) is 3.87. The van der Waals surface area contributed by atoms with Gasteiger partial charge in [0.05, 0.1) is 33.5 Å². The fraction of sp³-hybridized carbons (Fsp3) is 0.533. The standard InChI is InChI=1S/C15H21NO5/c1-19-11-5-4-10(12(20-2)13(11)21-3)14(18)16-8-15(9-17)6-7-15/h4-5,17H,6-9H2,1-3H3,(H,16,18). The van der Waals surface area contributed by atoms with Crippen LogP contribution in [0.15, 0.2) is 12.1 Å². The number of ether oxygens (including phenoxy) is 3. The molecule has 1 aromatic carbocycles. The molecule has 2 N–H and O–H groups in total. The lowest BCUT2D eigenvalue weighted by Crippen LogP contribution is -2.32. The second kappa shape index (κ2) is 6.22. The molecule has 0 aromatic heterocycles. The molecule has 0 atom stereocenters. The molecule has 0 radical (unpaired) electrons. The van der Waals surface area contributed by atoms with Crippen LogP contribution in [0.25, 0.3) is 0 Å². The Balaban J connectivity index is 2.20. The van der Waals surface area contributed by atoms with Crippen molar-refractivity contribution in [3.63, 3.8) is 0 Å². The maximum Gasteiger partial charge on any atom is 0.255 e. The predicted octanol–water partition coefficient (Wildman–Crippen LogP) is 1.21. The summed E-state index contributed by atoms with van der Waals surface area (Å²) in [5.41, 5.74) is 0.239. The van der Waals surface area contributed by atoms with Crippen LogP contribution in [0.3, 0.4) is 0 Å². The van der Waals surface area contributed by atoms with Crippen LogP contribution in [0.4, 0.5) is 0 Å². The number of amides is 1. The zero-order valence-electron chi connectivity index (χ0n) is 12.6. The van der Waals surface area contributed by atoms with Gasteiger partial charge in [-0.05, 0) is 25.0 Å². The van der Waals surface area contributed by atoms with Crippen LogP contribution in [0.1, 0.15) is 23.2 Å². The monoisotopic (exact) mass is 295 g/mol. The van der Waals surface area contributed by atoms with Crippen molar-refractivity contribution in [3.05, 3.63) is 17.7 Å². The van der Waals surface area contributed by atoms with Gasteiger partial charge in [-0.3, -0.25) is 4.79 Å². The zero-order valence-corrected chi connectivity index (χ0v) is 12.6. The number of carbonyl (C=O) groups is 1. The van der Waals surface area contributed by atoms with Crippen LogP contribution in [0.2, 0.25) is 0 Å². The quantitative estimate of drug-likeness (QED) is 0.791. The van der Waals surface area contributed by atoms with Gasteiger partial charge in [0.2, 0.25) is 5.75 Å². The Kier molecular flexibility index (Phi) is 4.57. The van der Waals surface area contributed by atoms with E-state index in [1.165, 1.54) is 21.3 Å². The molecule has 0 bridgehead atoms. The molecule has 21 heavy (non-hydrogen) atoms. The van der Waals surface area contributed by atoms with Gasteiger partial charge in [-0.1, -0.05) is 0 Å². The van der Waals surface area contributed by atoms with Crippen LogP contribution in [0.5, 0.6) is 17.2 Å². The molecule has 6 heteroatoms. The molecule has 0 spiro atoms. The number of hydrogen-bond donors (Lipinski definition) is 2. The Morgan fingerprint density at radius 2 is 1.86 bits per heavy atom. The minimum Gasteiger partial charge on any atom is -0.493 e. The van der Waals surface area contributed by atoms with E-state index in [0.29, 0.717) is 29.4 Å². The normalized spacial score (nSPS) is 15.2. The van der Waals surface area contributed by atoms with Gasteiger partial charge in [0.15, 0.2) is 11.5 Å². The fourth-order valence-corrected chi connectivity index (χ4v) is 2.21. The maximum absolute atomic E-state index is 12.3. The molecule has 1 amide bonds. The molecule has 1 saturated carbocycles. The molecular weight excluding hydrogens is 274 g/mol. The number of carbonyl (C=O) groups excluding carboxylic acids is 1. The first-order chi connectivity index (χ1) is 10.1. The Morgan fingerprint density at radius 1 is 1.19 bits per heavy atom. The number of hydrogen-bond acceptors (Lipinski definition) is 5. The number of benzene rings is 1. The first kappa shape index (κ1) is 15.4. The van der Waals surface area contributed by atoms with E-state index < -0.39 is 0 Å². The molecule has 0 saturated heterocycles. The van der Waals surface area contributed by atoms with Gasteiger partial charge < -0.3 is 24.6 Å². The maximum atomic E-state index is 12.3. The van der Waals surface area contributed by atoms with Crippen LogP contribution in [-0.4, -0.2) is 45.5 Å². The van der Waals surface area contributed by atoms with E-state index in [0.717, 1.165) is 12.8 Å².